The van der Waals surface area contributed by atoms with Crippen molar-refractivity contribution in [1.82, 2.24) is 25.6 Å². The van der Waals surface area contributed by atoms with E-state index in [2.05, 4.69) is 43.8 Å². The quantitative estimate of drug-likeness (QED) is 0.228. The molecule has 2 aromatic heterocycles. The number of H-pyrrole nitrogens is 1. The van der Waals surface area contributed by atoms with E-state index in [0.717, 1.165) is 47.0 Å². The van der Waals surface area contributed by atoms with E-state index < -0.39 is 0 Å². The zero-order valence-electron chi connectivity index (χ0n) is 20.5. The highest BCUT2D eigenvalue weighted by atomic mass is 32.1. The second-order valence-electron chi connectivity index (χ2n) is 8.47. The molecule has 0 spiro atoms. The van der Waals surface area contributed by atoms with E-state index in [4.69, 9.17) is 4.74 Å². The summed E-state index contributed by atoms with van der Waals surface area (Å²) in [4.78, 5) is 36.9. The summed E-state index contributed by atoms with van der Waals surface area (Å²) in [6, 6.07) is 12.0. The van der Waals surface area contributed by atoms with Gasteiger partial charge in [-0.2, -0.15) is 0 Å². The number of nitrogens with zero attached hydrogens (tertiary/aromatic N) is 2. The normalized spacial score (nSPS) is 11.8. The van der Waals surface area contributed by atoms with Crippen LogP contribution in [0.1, 0.15) is 60.6 Å². The molecule has 4 aromatic rings. The highest BCUT2D eigenvalue weighted by molar-refractivity contribution is 7.11. The van der Waals surface area contributed by atoms with Gasteiger partial charge in [0, 0.05) is 24.4 Å². The maximum Gasteiger partial charge on any atom is 0.263 e. The van der Waals surface area contributed by atoms with Gasteiger partial charge in [0.05, 0.1) is 36.2 Å². The van der Waals surface area contributed by atoms with E-state index in [1.165, 1.54) is 11.3 Å². The Labute approximate surface area is 214 Å². The maximum absolute atomic E-state index is 12.8. The first-order chi connectivity index (χ1) is 17.6. The van der Waals surface area contributed by atoms with Crippen molar-refractivity contribution < 1.29 is 14.3 Å². The Balaban J connectivity index is 1.51. The number of carbonyl (C=O) groups excluding carboxylic acids is 2. The smallest absolute Gasteiger partial charge is 0.263 e. The first-order valence-electron chi connectivity index (χ1n) is 12.2. The number of carbonyl (C=O) groups is 2. The molecule has 3 N–H and O–H groups in total. The highest BCUT2D eigenvalue weighted by Crippen LogP contribution is 2.30. The number of hydrogen-bond donors (Lipinski definition) is 3. The lowest BCUT2D eigenvalue weighted by atomic mass is 10.0. The molecule has 0 saturated carbocycles. The molecule has 2 amide bonds. The predicted molar refractivity (Wildman–Crippen MR) is 142 cm³/mol. The van der Waals surface area contributed by atoms with Gasteiger partial charge in [-0.15, -0.1) is 11.3 Å². The third-order valence-corrected chi connectivity index (χ3v) is 6.79. The number of unbranched alkanes of at least 4 members (excludes halogenated alkanes) is 2. The summed E-state index contributed by atoms with van der Waals surface area (Å²) in [6.45, 7) is 2.59. The van der Waals surface area contributed by atoms with Crippen molar-refractivity contribution >= 4 is 33.9 Å². The Kier molecular flexibility index (Phi) is 8.67. The summed E-state index contributed by atoms with van der Waals surface area (Å²) in [5.41, 5.74) is 3.53. The lowest BCUT2D eigenvalue weighted by molar-refractivity contribution is -0.120. The molecule has 8 nitrogen and oxygen atoms in total. The molecule has 0 fully saturated rings. The summed E-state index contributed by atoms with van der Waals surface area (Å²) in [7, 11) is 1.65. The van der Waals surface area contributed by atoms with Crippen LogP contribution in [-0.2, 0) is 4.79 Å². The van der Waals surface area contributed by atoms with Crippen LogP contribution < -0.4 is 15.4 Å². The van der Waals surface area contributed by atoms with Crippen LogP contribution in [0.5, 0.6) is 5.75 Å². The fourth-order valence-corrected chi connectivity index (χ4v) is 4.66. The van der Waals surface area contributed by atoms with E-state index >= 15 is 0 Å². The van der Waals surface area contributed by atoms with Crippen molar-refractivity contribution in [2.75, 3.05) is 13.7 Å². The standard InChI is InChI=1S/C27H31N5O3S/c1-3-35-23-10-7-8-18-14-19(12-13-20(18)23)22-15-30-26(31-22)21(9-5-4-6-11-25(33)28-2)32-27(34)24-16-29-17-36-24/h7-8,10,12-17,21H,3-6,9,11H2,1-2H3,(H,28,33)(H,30,31)(H,32,34)/t21-/m0/s1. The first kappa shape index (κ1) is 25.4. The highest BCUT2D eigenvalue weighted by Gasteiger charge is 2.20. The Morgan fingerprint density at radius 2 is 2.03 bits per heavy atom. The topological polar surface area (TPSA) is 109 Å². The molecule has 0 saturated heterocycles. The Hall–Kier alpha value is -3.72. The minimum absolute atomic E-state index is 0.0458. The number of rotatable bonds is 12. The number of imidazole rings is 1. The molecule has 0 bridgehead atoms. The fourth-order valence-electron chi connectivity index (χ4n) is 4.13. The average Bonchev–Trinajstić information content (AvgIpc) is 3.61. The molecule has 1 atom stereocenters. The second-order valence-corrected chi connectivity index (χ2v) is 9.36. The number of aromatic amines is 1. The van der Waals surface area contributed by atoms with Crippen LogP contribution in [0.15, 0.2) is 54.3 Å². The maximum atomic E-state index is 12.8. The summed E-state index contributed by atoms with van der Waals surface area (Å²) in [6.07, 6.45) is 7.14. The number of hydrogen-bond acceptors (Lipinski definition) is 6. The molecule has 0 aliphatic carbocycles. The van der Waals surface area contributed by atoms with Crippen LogP contribution in [0, 0.1) is 0 Å². The number of thiazole rings is 1. The molecular weight excluding hydrogens is 474 g/mol. The molecule has 0 radical (unpaired) electrons. The number of amides is 2. The Morgan fingerprint density at radius 1 is 1.14 bits per heavy atom. The SMILES string of the molecule is CCOc1cccc2cc(-c3cnc([C@H](CCCCCC(=O)NC)NC(=O)c4cncs4)[nH]3)ccc12. The molecule has 4 rings (SSSR count). The van der Waals surface area contributed by atoms with Crippen molar-refractivity contribution in [3.05, 3.63) is 65.0 Å². The van der Waals surface area contributed by atoms with Crippen LogP contribution in [0.4, 0.5) is 0 Å². The number of benzene rings is 2. The summed E-state index contributed by atoms with van der Waals surface area (Å²) in [5, 5.41) is 7.90. The van der Waals surface area contributed by atoms with Crippen LogP contribution in [0.3, 0.4) is 0 Å². The minimum Gasteiger partial charge on any atom is -0.493 e. The van der Waals surface area contributed by atoms with E-state index in [1.54, 1.807) is 25.0 Å². The van der Waals surface area contributed by atoms with E-state index in [1.807, 2.05) is 25.1 Å². The lowest BCUT2D eigenvalue weighted by Gasteiger charge is -2.16. The zero-order valence-corrected chi connectivity index (χ0v) is 21.4. The molecule has 0 aliphatic rings. The third kappa shape index (κ3) is 6.28. The third-order valence-electron chi connectivity index (χ3n) is 6.01. The molecule has 0 aliphatic heterocycles. The lowest BCUT2D eigenvalue weighted by Crippen LogP contribution is -2.28. The van der Waals surface area contributed by atoms with E-state index in [0.29, 0.717) is 30.2 Å². The molecule has 0 unspecified atom stereocenters. The zero-order chi connectivity index (χ0) is 25.3. The van der Waals surface area contributed by atoms with Gasteiger partial charge in [0.25, 0.3) is 5.91 Å². The van der Waals surface area contributed by atoms with Crippen molar-refractivity contribution in [3.63, 3.8) is 0 Å². The van der Waals surface area contributed by atoms with E-state index in [-0.39, 0.29) is 17.9 Å². The van der Waals surface area contributed by atoms with Crippen LogP contribution in [0.25, 0.3) is 22.0 Å². The van der Waals surface area contributed by atoms with Gasteiger partial charge in [-0.05, 0) is 43.4 Å². The molecule has 2 aromatic carbocycles. The van der Waals surface area contributed by atoms with Gasteiger partial charge in [0.15, 0.2) is 0 Å². The Bertz CT molecular complexity index is 1300. The van der Waals surface area contributed by atoms with Crippen LogP contribution in [-0.4, -0.2) is 40.4 Å². The molecule has 188 valence electrons. The number of fused-ring (bicyclic) bond motifs is 1. The number of ether oxygens (including phenoxy) is 1. The second kappa shape index (κ2) is 12.3. The van der Waals surface area contributed by atoms with Gasteiger partial charge in [-0.25, -0.2) is 4.98 Å². The summed E-state index contributed by atoms with van der Waals surface area (Å²) < 4.78 is 5.76. The van der Waals surface area contributed by atoms with Crippen LogP contribution in [0.2, 0.25) is 0 Å². The molecule has 9 heteroatoms. The fraction of sp³-hybridized carbons (Fsp3) is 0.333. The monoisotopic (exact) mass is 505 g/mol. The molecule has 2 heterocycles. The molecule has 36 heavy (non-hydrogen) atoms. The van der Waals surface area contributed by atoms with Gasteiger partial charge < -0.3 is 20.4 Å². The molecular formula is C27H31N5O3S. The van der Waals surface area contributed by atoms with Gasteiger partial charge in [-0.1, -0.05) is 31.0 Å². The minimum atomic E-state index is -0.279. The van der Waals surface area contributed by atoms with Gasteiger partial charge in [0.2, 0.25) is 5.91 Å². The van der Waals surface area contributed by atoms with Crippen molar-refractivity contribution in [2.45, 2.75) is 45.1 Å². The van der Waals surface area contributed by atoms with Gasteiger partial charge in [0.1, 0.15) is 16.5 Å². The van der Waals surface area contributed by atoms with Crippen LogP contribution >= 0.6 is 11.3 Å². The van der Waals surface area contributed by atoms with Crippen molar-refractivity contribution in [3.8, 4) is 17.0 Å². The first-order valence-corrected chi connectivity index (χ1v) is 13.1. The predicted octanol–water partition coefficient (Wildman–Crippen LogP) is 5.25. The van der Waals surface area contributed by atoms with Gasteiger partial charge in [-0.3, -0.25) is 14.6 Å². The Morgan fingerprint density at radius 3 is 2.81 bits per heavy atom. The largest absolute Gasteiger partial charge is 0.493 e. The summed E-state index contributed by atoms with van der Waals surface area (Å²) >= 11 is 1.31. The number of aromatic nitrogens is 3. The van der Waals surface area contributed by atoms with E-state index in [9.17, 15) is 9.59 Å². The summed E-state index contributed by atoms with van der Waals surface area (Å²) in [5.74, 6) is 1.45. The van der Waals surface area contributed by atoms with Gasteiger partial charge >= 0.3 is 0 Å². The number of nitrogens with one attached hydrogen (secondary N) is 3. The average molecular weight is 506 g/mol. The van der Waals surface area contributed by atoms with Crippen molar-refractivity contribution in [2.24, 2.45) is 0 Å². The van der Waals surface area contributed by atoms with Crippen molar-refractivity contribution in [1.29, 1.82) is 0 Å².